The van der Waals surface area contributed by atoms with E-state index < -0.39 is 40.2 Å². The van der Waals surface area contributed by atoms with Crippen molar-refractivity contribution in [3.63, 3.8) is 0 Å². The molecule has 7 nitrogen and oxygen atoms in total. The predicted octanol–water partition coefficient (Wildman–Crippen LogP) is 4.49. The number of benzene rings is 3. The normalized spacial score (nSPS) is 12.0. The lowest BCUT2D eigenvalue weighted by atomic mass is 10.1. The molecular weight excluding hydrogens is 512 g/mol. The van der Waals surface area contributed by atoms with E-state index in [1.54, 1.807) is 25.1 Å². The van der Waals surface area contributed by atoms with Gasteiger partial charge in [-0.1, -0.05) is 44.2 Å². The molecule has 0 heterocycles. The Morgan fingerprint density at radius 3 is 2.00 bits per heavy atom. The van der Waals surface area contributed by atoms with Gasteiger partial charge in [-0.2, -0.15) is 0 Å². The van der Waals surface area contributed by atoms with Crippen LogP contribution in [-0.2, 0) is 26.2 Å². The van der Waals surface area contributed by atoms with Gasteiger partial charge in [0.05, 0.1) is 10.6 Å². The van der Waals surface area contributed by atoms with Crippen LogP contribution in [-0.4, -0.2) is 44.3 Å². The lowest BCUT2D eigenvalue weighted by Crippen LogP contribution is -2.52. The van der Waals surface area contributed by atoms with Crippen molar-refractivity contribution in [1.82, 2.24) is 10.2 Å². The summed E-state index contributed by atoms with van der Waals surface area (Å²) in [5, 5.41) is 2.79. The SMILES string of the molecule is CCCNC(=O)[C@@H](CC)N(Cc1ccc(F)cc1)C(=O)CN(c1ccc(F)cc1)S(=O)(=O)c1ccccc1. The number of carbonyl (C=O) groups is 2. The van der Waals surface area contributed by atoms with Gasteiger partial charge >= 0.3 is 0 Å². The average molecular weight is 544 g/mol. The summed E-state index contributed by atoms with van der Waals surface area (Å²) in [6.07, 6.45) is 0.964. The molecule has 1 atom stereocenters. The first-order valence-corrected chi connectivity index (χ1v) is 13.8. The summed E-state index contributed by atoms with van der Waals surface area (Å²) in [6.45, 7) is 3.39. The van der Waals surface area contributed by atoms with Crippen molar-refractivity contribution in [2.45, 2.75) is 44.2 Å². The third kappa shape index (κ3) is 7.16. The molecule has 0 fully saturated rings. The molecule has 0 radical (unpaired) electrons. The van der Waals surface area contributed by atoms with Gasteiger partial charge in [0, 0.05) is 13.1 Å². The summed E-state index contributed by atoms with van der Waals surface area (Å²) in [4.78, 5) is 28.1. The minimum atomic E-state index is -4.23. The molecule has 3 aromatic rings. The minimum absolute atomic E-state index is 0.0419. The molecule has 202 valence electrons. The van der Waals surface area contributed by atoms with Crippen molar-refractivity contribution >= 4 is 27.5 Å². The Kier molecular flexibility index (Phi) is 9.95. The third-order valence-electron chi connectivity index (χ3n) is 5.93. The Bertz CT molecular complexity index is 1320. The van der Waals surface area contributed by atoms with Crippen LogP contribution in [0.5, 0.6) is 0 Å². The second-order valence-corrected chi connectivity index (χ2v) is 10.5. The maximum absolute atomic E-state index is 13.8. The van der Waals surface area contributed by atoms with Gasteiger partial charge in [-0.05, 0) is 66.9 Å². The van der Waals surface area contributed by atoms with E-state index in [1.807, 2.05) is 6.92 Å². The molecule has 0 aliphatic carbocycles. The molecule has 10 heteroatoms. The maximum Gasteiger partial charge on any atom is 0.264 e. The molecular formula is C28H31F2N3O4S. The minimum Gasteiger partial charge on any atom is -0.354 e. The number of carbonyl (C=O) groups excluding carboxylic acids is 2. The van der Waals surface area contributed by atoms with Crippen molar-refractivity contribution in [3.05, 3.63) is 96.1 Å². The van der Waals surface area contributed by atoms with E-state index >= 15 is 0 Å². The molecule has 3 rings (SSSR count). The largest absolute Gasteiger partial charge is 0.354 e. The van der Waals surface area contributed by atoms with E-state index in [0.717, 1.165) is 16.4 Å². The first-order chi connectivity index (χ1) is 18.2. The summed E-state index contributed by atoms with van der Waals surface area (Å²) < 4.78 is 55.3. The molecule has 0 saturated heterocycles. The van der Waals surface area contributed by atoms with E-state index in [2.05, 4.69) is 5.32 Å². The summed E-state index contributed by atoms with van der Waals surface area (Å²) in [5.41, 5.74) is 0.662. The smallest absolute Gasteiger partial charge is 0.264 e. The lowest BCUT2D eigenvalue weighted by molar-refractivity contribution is -0.140. The Morgan fingerprint density at radius 1 is 0.868 bits per heavy atom. The Hall–Kier alpha value is -3.79. The van der Waals surface area contributed by atoms with E-state index in [1.165, 1.54) is 53.4 Å². The molecule has 38 heavy (non-hydrogen) atoms. The highest BCUT2D eigenvalue weighted by molar-refractivity contribution is 7.92. The molecule has 0 spiro atoms. The van der Waals surface area contributed by atoms with Crippen LogP contribution in [0.15, 0.2) is 83.8 Å². The summed E-state index contributed by atoms with van der Waals surface area (Å²) >= 11 is 0. The molecule has 0 aliphatic rings. The number of hydrogen-bond donors (Lipinski definition) is 1. The number of amides is 2. The molecule has 0 unspecified atom stereocenters. The fourth-order valence-corrected chi connectivity index (χ4v) is 5.36. The van der Waals surface area contributed by atoms with Crippen molar-refractivity contribution in [2.75, 3.05) is 17.4 Å². The molecule has 0 aromatic heterocycles. The van der Waals surface area contributed by atoms with Crippen LogP contribution in [0.4, 0.5) is 14.5 Å². The molecule has 0 saturated carbocycles. The number of rotatable bonds is 12. The van der Waals surface area contributed by atoms with Crippen LogP contribution < -0.4 is 9.62 Å². The number of anilines is 1. The Morgan fingerprint density at radius 2 is 1.45 bits per heavy atom. The van der Waals surface area contributed by atoms with Gasteiger partial charge in [0.25, 0.3) is 10.0 Å². The zero-order valence-corrected chi connectivity index (χ0v) is 22.1. The standard InChI is InChI=1S/C28H31F2N3O4S/c1-3-18-31-28(35)26(4-2)32(19-21-10-12-22(29)13-11-21)27(34)20-33(24-16-14-23(30)15-17-24)38(36,37)25-8-6-5-7-9-25/h5-17,26H,3-4,18-20H2,1-2H3,(H,31,35)/t26-/m1/s1. The van der Waals surface area contributed by atoms with Crippen molar-refractivity contribution < 1.29 is 26.8 Å². The number of nitrogens with zero attached hydrogens (tertiary/aromatic N) is 2. The van der Waals surface area contributed by atoms with E-state index in [-0.39, 0.29) is 29.5 Å². The van der Waals surface area contributed by atoms with Gasteiger partial charge in [0.2, 0.25) is 11.8 Å². The van der Waals surface area contributed by atoms with Crippen LogP contribution in [0.25, 0.3) is 0 Å². The van der Waals surface area contributed by atoms with Gasteiger partial charge in [-0.3, -0.25) is 13.9 Å². The first kappa shape index (κ1) is 28.8. The van der Waals surface area contributed by atoms with Gasteiger partial charge in [0.15, 0.2) is 0 Å². The highest BCUT2D eigenvalue weighted by Gasteiger charge is 2.33. The maximum atomic E-state index is 13.8. The highest BCUT2D eigenvalue weighted by atomic mass is 32.2. The zero-order chi connectivity index (χ0) is 27.7. The topological polar surface area (TPSA) is 86.8 Å². The fourth-order valence-electron chi connectivity index (χ4n) is 3.93. The molecule has 0 bridgehead atoms. The number of sulfonamides is 1. The Labute approximate surface area is 222 Å². The van der Waals surface area contributed by atoms with Gasteiger partial charge in [-0.25, -0.2) is 17.2 Å². The highest BCUT2D eigenvalue weighted by Crippen LogP contribution is 2.25. The second-order valence-electron chi connectivity index (χ2n) is 8.66. The van der Waals surface area contributed by atoms with Crippen molar-refractivity contribution in [2.24, 2.45) is 0 Å². The predicted molar refractivity (Wildman–Crippen MR) is 142 cm³/mol. The van der Waals surface area contributed by atoms with Crippen molar-refractivity contribution in [3.8, 4) is 0 Å². The van der Waals surface area contributed by atoms with Crippen LogP contribution >= 0.6 is 0 Å². The Balaban J connectivity index is 2.02. The lowest BCUT2D eigenvalue weighted by Gasteiger charge is -2.33. The van der Waals surface area contributed by atoms with Crippen LogP contribution in [0.1, 0.15) is 32.3 Å². The van der Waals surface area contributed by atoms with Crippen LogP contribution in [0.2, 0.25) is 0 Å². The van der Waals surface area contributed by atoms with Crippen LogP contribution in [0.3, 0.4) is 0 Å². The molecule has 3 aromatic carbocycles. The van der Waals surface area contributed by atoms with Crippen LogP contribution in [0, 0.1) is 11.6 Å². The first-order valence-electron chi connectivity index (χ1n) is 12.3. The van der Waals surface area contributed by atoms with E-state index in [0.29, 0.717) is 18.5 Å². The van der Waals surface area contributed by atoms with Crippen molar-refractivity contribution in [1.29, 1.82) is 0 Å². The quantitative estimate of drug-likeness (QED) is 0.365. The molecule has 0 aliphatic heterocycles. The number of hydrogen-bond acceptors (Lipinski definition) is 4. The number of halogens is 2. The van der Waals surface area contributed by atoms with E-state index in [9.17, 15) is 26.8 Å². The molecule has 2 amide bonds. The summed E-state index contributed by atoms with van der Waals surface area (Å²) in [6, 6.07) is 17.0. The fraction of sp³-hybridized carbons (Fsp3) is 0.286. The monoisotopic (exact) mass is 543 g/mol. The number of nitrogens with one attached hydrogen (secondary N) is 1. The summed E-state index contributed by atoms with van der Waals surface area (Å²) in [7, 11) is -4.23. The van der Waals surface area contributed by atoms with Gasteiger partial charge in [0.1, 0.15) is 24.2 Å². The second kappa shape index (κ2) is 13.1. The molecule has 1 N–H and O–H groups in total. The third-order valence-corrected chi connectivity index (χ3v) is 7.71. The summed E-state index contributed by atoms with van der Waals surface area (Å²) in [5.74, 6) is -2.02. The van der Waals surface area contributed by atoms with Gasteiger partial charge in [-0.15, -0.1) is 0 Å². The van der Waals surface area contributed by atoms with E-state index in [4.69, 9.17) is 0 Å². The average Bonchev–Trinajstić information content (AvgIpc) is 2.92. The zero-order valence-electron chi connectivity index (χ0n) is 21.3. The van der Waals surface area contributed by atoms with Gasteiger partial charge < -0.3 is 10.2 Å².